The first-order chi connectivity index (χ1) is 11.6. The molecule has 142 valence electrons. The summed E-state index contributed by atoms with van der Waals surface area (Å²) in [6, 6.07) is 5.69. The van der Waals surface area contributed by atoms with Crippen molar-refractivity contribution in [1.29, 1.82) is 0 Å². The van der Waals surface area contributed by atoms with Crippen molar-refractivity contribution < 1.29 is 14.2 Å². The third-order valence-corrected chi connectivity index (χ3v) is 3.84. The number of nitrogens with zero attached hydrogens (tertiary/aromatic N) is 1. The Hall–Kier alpha value is -1.22. The smallest absolute Gasteiger partial charge is 0.193 e. The molecule has 25 heavy (non-hydrogen) atoms. The van der Waals surface area contributed by atoms with Gasteiger partial charge in [0.1, 0.15) is 0 Å². The average molecular weight is 463 g/mol. The van der Waals surface area contributed by atoms with Crippen molar-refractivity contribution in [2.75, 3.05) is 31.7 Å². The quantitative estimate of drug-likeness (QED) is 0.367. The second-order valence-electron chi connectivity index (χ2n) is 6.13. The lowest BCUT2D eigenvalue weighted by molar-refractivity contribution is 0.0266. The Morgan fingerprint density at radius 1 is 1.28 bits per heavy atom. The summed E-state index contributed by atoms with van der Waals surface area (Å²) >= 11 is 0. The molecular formula is C18H30IN3O3. The van der Waals surface area contributed by atoms with Crippen LogP contribution in [0.1, 0.15) is 33.6 Å². The molecule has 0 saturated heterocycles. The molecule has 3 N–H and O–H groups in total. The first-order valence-electron chi connectivity index (χ1n) is 8.68. The fourth-order valence-corrected chi connectivity index (χ4v) is 2.56. The highest BCUT2D eigenvalue weighted by Gasteiger charge is 2.13. The zero-order chi connectivity index (χ0) is 17.4. The van der Waals surface area contributed by atoms with Crippen molar-refractivity contribution in [2.24, 2.45) is 16.6 Å². The number of anilines is 1. The van der Waals surface area contributed by atoms with Crippen LogP contribution >= 0.6 is 24.0 Å². The SMILES string of the molecule is CCOC(CCN=C(N)Nc1ccc2c(c1)OCCCO2)C(C)C.I. The summed E-state index contributed by atoms with van der Waals surface area (Å²) in [6.45, 7) is 9.02. The number of nitrogens with two attached hydrogens (primary N) is 1. The van der Waals surface area contributed by atoms with Gasteiger partial charge in [-0.05, 0) is 31.4 Å². The van der Waals surface area contributed by atoms with E-state index < -0.39 is 0 Å². The summed E-state index contributed by atoms with van der Waals surface area (Å²) < 4.78 is 17.0. The molecule has 0 bridgehead atoms. The molecule has 1 aliphatic rings. The lowest BCUT2D eigenvalue weighted by Gasteiger charge is -2.19. The fourth-order valence-electron chi connectivity index (χ4n) is 2.56. The largest absolute Gasteiger partial charge is 0.490 e. The molecule has 1 aromatic carbocycles. The summed E-state index contributed by atoms with van der Waals surface area (Å²) in [6.07, 6.45) is 1.96. The summed E-state index contributed by atoms with van der Waals surface area (Å²) in [5.41, 5.74) is 6.81. The highest BCUT2D eigenvalue weighted by molar-refractivity contribution is 14.0. The van der Waals surface area contributed by atoms with Crippen LogP contribution in [0.15, 0.2) is 23.2 Å². The average Bonchev–Trinajstić information content (AvgIpc) is 2.78. The van der Waals surface area contributed by atoms with Gasteiger partial charge >= 0.3 is 0 Å². The molecule has 0 radical (unpaired) electrons. The number of rotatable bonds is 7. The van der Waals surface area contributed by atoms with Crippen molar-refractivity contribution in [3.8, 4) is 11.5 Å². The van der Waals surface area contributed by atoms with E-state index in [0.29, 0.717) is 31.6 Å². The summed E-state index contributed by atoms with van der Waals surface area (Å²) in [5.74, 6) is 2.37. The maximum atomic E-state index is 5.97. The lowest BCUT2D eigenvalue weighted by Crippen LogP contribution is -2.25. The molecule has 0 fully saturated rings. The van der Waals surface area contributed by atoms with Crippen molar-refractivity contribution in [3.05, 3.63) is 18.2 Å². The van der Waals surface area contributed by atoms with Crippen LogP contribution in [0.2, 0.25) is 0 Å². The molecule has 2 rings (SSSR count). The number of hydrogen-bond acceptors (Lipinski definition) is 4. The Kier molecular flexibility index (Phi) is 9.96. The normalized spacial score (nSPS) is 15.3. The zero-order valence-corrected chi connectivity index (χ0v) is 17.6. The van der Waals surface area contributed by atoms with Gasteiger partial charge in [0.05, 0.1) is 19.3 Å². The molecule has 0 spiro atoms. The minimum atomic E-state index is 0. The number of benzene rings is 1. The number of guanidine groups is 1. The monoisotopic (exact) mass is 463 g/mol. The predicted octanol–water partition coefficient (Wildman–Crippen LogP) is 3.64. The molecule has 0 amide bonds. The van der Waals surface area contributed by atoms with Gasteiger partial charge in [-0.15, -0.1) is 24.0 Å². The van der Waals surface area contributed by atoms with Gasteiger partial charge in [0.25, 0.3) is 0 Å². The topological polar surface area (TPSA) is 78.1 Å². The van der Waals surface area contributed by atoms with Gasteiger partial charge in [0.15, 0.2) is 17.5 Å². The van der Waals surface area contributed by atoms with Gasteiger partial charge in [-0.3, -0.25) is 4.99 Å². The van der Waals surface area contributed by atoms with Crippen molar-refractivity contribution in [3.63, 3.8) is 0 Å². The van der Waals surface area contributed by atoms with E-state index >= 15 is 0 Å². The molecule has 1 unspecified atom stereocenters. The molecular weight excluding hydrogens is 433 g/mol. The maximum Gasteiger partial charge on any atom is 0.193 e. The fraction of sp³-hybridized carbons (Fsp3) is 0.611. The second kappa shape index (κ2) is 11.4. The van der Waals surface area contributed by atoms with Crippen LogP contribution in [0.25, 0.3) is 0 Å². The van der Waals surface area contributed by atoms with Crippen LogP contribution < -0.4 is 20.5 Å². The lowest BCUT2D eigenvalue weighted by atomic mass is 10.0. The van der Waals surface area contributed by atoms with E-state index in [4.69, 9.17) is 19.9 Å². The third kappa shape index (κ3) is 7.27. The number of ether oxygens (including phenoxy) is 3. The van der Waals surface area contributed by atoms with Crippen LogP contribution in [0.5, 0.6) is 11.5 Å². The van der Waals surface area contributed by atoms with Gasteiger partial charge in [-0.25, -0.2) is 0 Å². The Balaban J connectivity index is 0.00000312. The summed E-state index contributed by atoms with van der Waals surface area (Å²) in [7, 11) is 0. The highest BCUT2D eigenvalue weighted by atomic mass is 127. The molecule has 1 aromatic rings. The highest BCUT2D eigenvalue weighted by Crippen LogP contribution is 2.32. The van der Waals surface area contributed by atoms with Gasteiger partial charge in [0, 0.05) is 31.3 Å². The van der Waals surface area contributed by atoms with Crippen LogP contribution in [0, 0.1) is 5.92 Å². The van der Waals surface area contributed by atoms with E-state index in [2.05, 4.69) is 24.2 Å². The number of fused-ring (bicyclic) bond motifs is 1. The molecule has 0 aromatic heterocycles. The molecule has 0 saturated carbocycles. The minimum Gasteiger partial charge on any atom is -0.490 e. The summed E-state index contributed by atoms with van der Waals surface area (Å²) in [5, 5.41) is 3.10. The first-order valence-corrected chi connectivity index (χ1v) is 8.68. The molecule has 1 atom stereocenters. The second-order valence-corrected chi connectivity index (χ2v) is 6.13. The number of halogens is 1. The maximum absolute atomic E-state index is 5.97. The van der Waals surface area contributed by atoms with Crippen LogP contribution in [-0.4, -0.2) is 38.4 Å². The van der Waals surface area contributed by atoms with Crippen LogP contribution in [0.4, 0.5) is 5.69 Å². The minimum absolute atomic E-state index is 0. The van der Waals surface area contributed by atoms with E-state index in [0.717, 1.165) is 36.6 Å². The molecule has 0 aliphatic carbocycles. The van der Waals surface area contributed by atoms with E-state index in [1.54, 1.807) is 0 Å². The molecule has 1 heterocycles. The molecule has 7 heteroatoms. The van der Waals surface area contributed by atoms with Crippen molar-refractivity contribution in [1.82, 2.24) is 0 Å². The Morgan fingerprint density at radius 2 is 2.00 bits per heavy atom. The number of hydrogen-bond donors (Lipinski definition) is 2. The third-order valence-electron chi connectivity index (χ3n) is 3.84. The van der Waals surface area contributed by atoms with Crippen LogP contribution in [-0.2, 0) is 4.74 Å². The van der Waals surface area contributed by atoms with Gasteiger partial charge in [0.2, 0.25) is 0 Å². The Labute approximate surface area is 167 Å². The number of aliphatic imine (C=N–C) groups is 1. The Bertz CT molecular complexity index is 552. The standard InChI is InChI=1S/C18H29N3O3.HI/c1-4-22-15(13(2)3)8-9-20-18(19)21-14-6-7-16-17(12-14)24-11-5-10-23-16;/h6-7,12-13,15H,4-5,8-11H2,1-3H3,(H3,19,20,21);1H. The van der Waals surface area contributed by atoms with Gasteiger partial charge in [-0.1, -0.05) is 13.8 Å². The van der Waals surface area contributed by atoms with Crippen molar-refractivity contribution in [2.45, 2.75) is 39.7 Å². The zero-order valence-electron chi connectivity index (χ0n) is 15.3. The van der Waals surface area contributed by atoms with E-state index in [1.165, 1.54) is 0 Å². The van der Waals surface area contributed by atoms with Gasteiger partial charge in [-0.2, -0.15) is 0 Å². The Morgan fingerprint density at radius 3 is 2.68 bits per heavy atom. The van der Waals surface area contributed by atoms with Gasteiger partial charge < -0.3 is 25.3 Å². The molecule has 1 aliphatic heterocycles. The molecule has 6 nitrogen and oxygen atoms in total. The van der Waals surface area contributed by atoms with E-state index in [-0.39, 0.29) is 30.1 Å². The van der Waals surface area contributed by atoms with Crippen LogP contribution in [0.3, 0.4) is 0 Å². The number of nitrogens with one attached hydrogen (secondary N) is 1. The first kappa shape index (κ1) is 21.8. The van der Waals surface area contributed by atoms with E-state index in [9.17, 15) is 0 Å². The predicted molar refractivity (Wildman–Crippen MR) is 112 cm³/mol. The van der Waals surface area contributed by atoms with E-state index in [1.807, 2.05) is 25.1 Å². The summed E-state index contributed by atoms with van der Waals surface area (Å²) in [4.78, 5) is 4.39. The van der Waals surface area contributed by atoms with Crippen molar-refractivity contribution >= 4 is 35.6 Å².